The summed E-state index contributed by atoms with van der Waals surface area (Å²) in [4.78, 5) is 22.7. The van der Waals surface area contributed by atoms with Gasteiger partial charge in [-0.3, -0.25) is 0 Å². The van der Waals surface area contributed by atoms with Gasteiger partial charge >= 0.3 is 12.0 Å². The summed E-state index contributed by atoms with van der Waals surface area (Å²) in [6, 6.07) is 2.23. The maximum Gasteiger partial charge on any atom is 0.326 e. The number of carbonyl (C=O) groups is 2. The normalized spacial score (nSPS) is 11.7. The Hall–Kier alpha value is -2.48. The van der Waals surface area contributed by atoms with Gasteiger partial charge in [-0.25, -0.2) is 9.59 Å². The van der Waals surface area contributed by atoms with Crippen molar-refractivity contribution in [2.45, 2.75) is 18.9 Å². The van der Waals surface area contributed by atoms with Crippen LogP contribution in [0.2, 0.25) is 0 Å². The lowest BCUT2D eigenvalue weighted by molar-refractivity contribution is -0.139. The van der Waals surface area contributed by atoms with Gasteiger partial charge in [-0.2, -0.15) is 0 Å². The highest BCUT2D eigenvalue weighted by Crippen LogP contribution is 2.25. The highest BCUT2D eigenvalue weighted by Gasteiger charge is 2.20. The van der Waals surface area contributed by atoms with Gasteiger partial charge in [0.2, 0.25) is 0 Å². The topological polar surface area (TPSA) is 145 Å². The van der Waals surface area contributed by atoms with Crippen molar-refractivity contribution in [1.82, 2.24) is 10.6 Å². The van der Waals surface area contributed by atoms with Crippen LogP contribution in [0.3, 0.4) is 0 Å². The van der Waals surface area contributed by atoms with Gasteiger partial charge in [0.05, 0.1) is 0 Å². The minimum atomic E-state index is -1.20. The Balaban J connectivity index is 2.63. The molecule has 0 bridgehead atoms. The number of amides is 2. The zero-order valence-electron chi connectivity index (χ0n) is 11.4. The molecule has 8 heteroatoms. The van der Waals surface area contributed by atoms with Crippen LogP contribution in [0.4, 0.5) is 4.79 Å². The highest BCUT2D eigenvalue weighted by atomic mass is 16.4. The second-order valence-corrected chi connectivity index (χ2v) is 4.46. The predicted octanol–water partition coefficient (Wildman–Crippen LogP) is -0.259. The first kappa shape index (κ1) is 16.6. The number of rotatable bonds is 7. The number of hydrogen-bond donors (Lipinski definition) is 6. The standard InChI is InChI=1S/C13H19N3O5/c14-4-1-5-15-13(21)16-9(12(19)20)6-8-2-3-10(17)11(18)7-8/h2-3,7,9,17-18H,1,4-6,14H2,(H,19,20)(H2,15,16,21). The van der Waals surface area contributed by atoms with Gasteiger partial charge in [0.15, 0.2) is 11.5 Å². The predicted molar refractivity (Wildman–Crippen MR) is 75.1 cm³/mol. The molecule has 0 saturated carbocycles. The molecule has 8 nitrogen and oxygen atoms in total. The molecule has 21 heavy (non-hydrogen) atoms. The smallest absolute Gasteiger partial charge is 0.326 e. The molecule has 0 spiro atoms. The molecule has 1 atom stereocenters. The van der Waals surface area contributed by atoms with Crippen LogP contribution < -0.4 is 16.4 Å². The van der Waals surface area contributed by atoms with Gasteiger partial charge < -0.3 is 31.7 Å². The van der Waals surface area contributed by atoms with Crippen LogP contribution in [0.25, 0.3) is 0 Å². The highest BCUT2D eigenvalue weighted by molar-refractivity contribution is 5.82. The van der Waals surface area contributed by atoms with Crippen LogP contribution in [-0.4, -0.2) is 46.5 Å². The number of carboxylic acids is 1. The Morgan fingerprint density at radius 1 is 1.24 bits per heavy atom. The number of benzene rings is 1. The molecule has 0 aromatic heterocycles. The molecule has 0 aliphatic heterocycles. The number of aromatic hydroxyl groups is 2. The Morgan fingerprint density at radius 3 is 2.52 bits per heavy atom. The maximum atomic E-state index is 11.5. The average Bonchev–Trinajstić information content (AvgIpc) is 2.42. The molecule has 0 aliphatic rings. The van der Waals surface area contributed by atoms with E-state index in [9.17, 15) is 19.8 Å². The summed E-state index contributed by atoms with van der Waals surface area (Å²) >= 11 is 0. The van der Waals surface area contributed by atoms with E-state index in [2.05, 4.69) is 10.6 Å². The largest absolute Gasteiger partial charge is 0.504 e. The molecule has 0 radical (unpaired) electrons. The van der Waals surface area contributed by atoms with E-state index in [4.69, 9.17) is 10.8 Å². The summed E-state index contributed by atoms with van der Waals surface area (Å²) in [5.41, 5.74) is 5.76. The number of phenolic OH excluding ortho intramolecular Hbond substituents is 2. The number of phenols is 2. The first-order valence-corrected chi connectivity index (χ1v) is 6.42. The van der Waals surface area contributed by atoms with Gasteiger partial charge in [0, 0.05) is 13.0 Å². The molecular weight excluding hydrogens is 278 g/mol. The van der Waals surface area contributed by atoms with Crippen LogP contribution >= 0.6 is 0 Å². The SMILES string of the molecule is NCCCNC(=O)NC(Cc1ccc(O)c(O)c1)C(=O)O. The van der Waals surface area contributed by atoms with E-state index in [1.54, 1.807) is 0 Å². The lowest BCUT2D eigenvalue weighted by Crippen LogP contribution is -2.47. The maximum absolute atomic E-state index is 11.5. The summed E-state index contributed by atoms with van der Waals surface area (Å²) < 4.78 is 0. The molecule has 1 rings (SSSR count). The summed E-state index contributed by atoms with van der Waals surface area (Å²) in [5.74, 6) is -1.83. The molecule has 2 amide bonds. The van der Waals surface area contributed by atoms with Crippen molar-refractivity contribution < 1.29 is 24.9 Å². The molecule has 7 N–H and O–H groups in total. The van der Waals surface area contributed by atoms with Crippen LogP contribution in [0.15, 0.2) is 18.2 Å². The quantitative estimate of drug-likeness (QED) is 0.302. The van der Waals surface area contributed by atoms with Crippen molar-refractivity contribution in [2.24, 2.45) is 5.73 Å². The summed E-state index contributed by atoms with van der Waals surface area (Å²) in [7, 11) is 0. The minimum Gasteiger partial charge on any atom is -0.504 e. The molecule has 0 aliphatic carbocycles. The van der Waals surface area contributed by atoms with Gasteiger partial charge in [0.1, 0.15) is 6.04 Å². The van der Waals surface area contributed by atoms with Crippen molar-refractivity contribution in [2.75, 3.05) is 13.1 Å². The molecule has 1 unspecified atom stereocenters. The number of urea groups is 1. The first-order chi connectivity index (χ1) is 9.93. The third-order valence-corrected chi connectivity index (χ3v) is 2.75. The molecule has 116 valence electrons. The zero-order valence-corrected chi connectivity index (χ0v) is 11.4. The summed E-state index contributed by atoms with van der Waals surface area (Å²) in [6.07, 6.45) is 0.574. The van der Waals surface area contributed by atoms with Crippen molar-refractivity contribution >= 4 is 12.0 Å². The van der Waals surface area contributed by atoms with Gasteiger partial charge in [0.25, 0.3) is 0 Å². The lowest BCUT2D eigenvalue weighted by atomic mass is 10.1. The zero-order chi connectivity index (χ0) is 15.8. The number of carbonyl (C=O) groups excluding carboxylic acids is 1. The molecule has 1 aromatic rings. The fourth-order valence-corrected chi connectivity index (χ4v) is 1.65. The number of hydrogen-bond acceptors (Lipinski definition) is 5. The van der Waals surface area contributed by atoms with Crippen LogP contribution in [0.1, 0.15) is 12.0 Å². The van der Waals surface area contributed by atoms with Crippen LogP contribution in [0, 0.1) is 0 Å². The summed E-state index contributed by atoms with van der Waals surface area (Å²) in [6.45, 7) is 0.782. The first-order valence-electron chi connectivity index (χ1n) is 6.42. The number of carboxylic acid groups (broad SMARTS) is 1. The minimum absolute atomic E-state index is 0.0204. The van der Waals surface area contributed by atoms with E-state index in [1.165, 1.54) is 18.2 Å². The molecule has 0 saturated heterocycles. The Labute approximate surface area is 121 Å². The van der Waals surface area contributed by atoms with Crippen molar-refractivity contribution in [3.63, 3.8) is 0 Å². The molecule has 0 heterocycles. The monoisotopic (exact) mass is 297 g/mol. The van der Waals surface area contributed by atoms with E-state index in [0.717, 1.165) is 0 Å². The Kier molecular flexibility index (Phi) is 6.28. The van der Waals surface area contributed by atoms with Crippen LogP contribution in [-0.2, 0) is 11.2 Å². The van der Waals surface area contributed by atoms with Gasteiger partial charge in [-0.15, -0.1) is 0 Å². The van der Waals surface area contributed by atoms with E-state index in [0.29, 0.717) is 25.1 Å². The third-order valence-electron chi connectivity index (χ3n) is 2.75. The fourth-order valence-electron chi connectivity index (χ4n) is 1.65. The number of aliphatic carboxylic acids is 1. The van der Waals surface area contributed by atoms with Crippen molar-refractivity contribution in [1.29, 1.82) is 0 Å². The Bertz CT molecular complexity index is 507. The molecular formula is C13H19N3O5. The van der Waals surface area contributed by atoms with Gasteiger partial charge in [-0.05, 0) is 30.7 Å². The fraction of sp³-hybridized carbons (Fsp3) is 0.385. The lowest BCUT2D eigenvalue weighted by Gasteiger charge is -2.15. The van der Waals surface area contributed by atoms with E-state index < -0.39 is 18.0 Å². The Morgan fingerprint density at radius 2 is 1.95 bits per heavy atom. The summed E-state index contributed by atoms with van der Waals surface area (Å²) in [5, 5.41) is 32.5. The molecule has 1 aromatic carbocycles. The second kappa shape index (κ2) is 7.95. The molecule has 0 fully saturated rings. The second-order valence-electron chi connectivity index (χ2n) is 4.46. The third kappa shape index (κ3) is 5.57. The number of nitrogens with one attached hydrogen (secondary N) is 2. The van der Waals surface area contributed by atoms with Crippen LogP contribution in [0.5, 0.6) is 11.5 Å². The average molecular weight is 297 g/mol. The van der Waals surface area contributed by atoms with Crippen molar-refractivity contribution in [3.8, 4) is 11.5 Å². The van der Waals surface area contributed by atoms with E-state index >= 15 is 0 Å². The van der Waals surface area contributed by atoms with Gasteiger partial charge in [-0.1, -0.05) is 6.07 Å². The van der Waals surface area contributed by atoms with Crippen molar-refractivity contribution in [3.05, 3.63) is 23.8 Å². The van der Waals surface area contributed by atoms with E-state index in [1.807, 2.05) is 0 Å². The number of nitrogens with two attached hydrogens (primary N) is 1. The van der Waals surface area contributed by atoms with E-state index in [-0.39, 0.29) is 17.9 Å².